The molecule has 1 aromatic heterocycles. The Morgan fingerprint density at radius 1 is 1.19 bits per heavy atom. The Balaban J connectivity index is 1.51. The molecule has 0 spiro atoms. The van der Waals surface area contributed by atoms with Crippen molar-refractivity contribution in [2.45, 2.75) is 70.4 Å². The van der Waals surface area contributed by atoms with Gasteiger partial charge in [0.2, 0.25) is 0 Å². The summed E-state index contributed by atoms with van der Waals surface area (Å²) in [6, 6.07) is 10.5. The van der Waals surface area contributed by atoms with Gasteiger partial charge < -0.3 is 15.2 Å². The van der Waals surface area contributed by atoms with Crippen molar-refractivity contribution in [3.05, 3.63) is 65.5 Å². The number of nitrogens with one attached hydrogen (secondary N) is 1. The van der Waals surface area contributed by atoms with E-state index in [4.69, 9.17) is 9.84 Å². The van der Waals surface area contributed by atoms with Crippen LogP contribution >= 0.6 is 0 Å². The number of allylic oxidation sites excluding steroid dienone is 3. The van der Waals surface area contributed by atoms with E-state index in [0.717, 1.165) is 55.1 Å². The number of hydrogen-bond acceptors (Lipinski definition) is 4. The third-order valence-electron chi connectivity index (χ3n) is 6.27. The van der Waals surface area contributed by atoms with E-state index < -0.39 is 0 Å². The van der Waals surface area contributed by atoms with E-state index in [1.807, 2.05) is 12.1 Å². The zero-order chi connectivity index (χ0) is 22.0. The molecular weight excluding hydrogens is 386 g/mol. The summed E-state index contributed by atoms with van der Waals surface area (Å²) in [6.45, 7) is 6.53. The van der Waals surface area contributed by atoms with Gasteiger partial charge in [-0.25, -0.2) is 4.68 Å². The van der Waals surface area contributed by atoms with Gasteiger partial charge in [-0.05, 0) is 82.6 Å². The van der Waals surface area contributed by atoms with Crippen LogP contribution in [0.1, 0.15) is 63.6 Å². The van der Waals surface area contributed by atoms with Crippen molar-refractivity contribution in [1.29, 1.82) is 0 Å². The van der Waals surface area contributed by atoms with Gasteiger partial charge >= 0.3 is 0 Å². The SMILES string of the molecule is COc1ccc(CC2C=C(Nc3cc([C@H]4CC[C@@H](O)C4)nn3C(C)(C)C)C=CC2)cc1. The topological polar surface area (TPSA) is 59.3 Å². The number of aliphatic hydroxyl groups excluding tert-OH is 1. The molecule has 31 heavy (non-hydrogen) atoms. The van der Waals surface area contributed by atoms with Gasteiger partial charge in [-0.1, -0.05) is 24.3 Å². The number of hydrogen-bond donors (Lipinski definition) is 2. The normalized spacial score (nSPS) is 23.6. The highest BCUT2D eigenvalue weighted by atomic mass is 16.5. The van der Waals surface area contributed by atoms with Gasteiger partial charge in [0, 0.05) is 17.7 Å². The average Bonchev–Trinajstić information content (AvgIpc) is 3.35. The van der Waals surface area contributed by atoms with Gasteiger partial charge in [-0.2, -0.15) is 5.10 Å². The zero-order valence-electron chi connectivity index (χ0n) is 19.1. The first-order chi connectivity index (χ1) is 14.8. The number of nitrogens with zero attached hydrogens (tertiary/aromatic N) is 2. The van der Waals surface area contributed by atoms with Crippen LogP contribution in [-0.2, 0) is 12.0 Å². The largest absolute Gasteiger partial charge is 0.497 e. The van der Waals surface area contributed by atoms with Gasteiger partial charge in [0.05, 0.1) is 24.4 Å². The third-order valence-corrected chi connectivity index (χ3v) is 6.27. The lowest BCUT2D eigenvalue weighted by molar-refractivity contribution is 0.181. The predicted molar refractivity (Wildman–Crippen MR) is 125 cm³/mol. The lowest BCUT2D eigenvalue weighted by atomic mass is 9.92. The molecule has 5 nitrogen and oxygen atoms in total. The molecule has 1 unspecified atom stereocenters. The number of anilines is 1. The highest BCUT2D eigenvalue weighted by molar-refractivity contribution is 5.49. The van der Waals surface area contributed by atoms with Crippen molar-refractivity contribution in [2.24, 2.45) is 5.92 Å². The highest BCUT2D eigenvalue weighted by Crippen LogP contribution is 2.36. The first-order valence-electron chi connectivity index (χ1n) is 11.4. The summed E-state index contributed by atoms with van der Waals surface area (Å²) in [5, 5.41) is 18.5. The van der Waals surface area contributed by atoms with Crippen LogP contribution in [0.5, 0.6) is 5.75 Å². The van der Waals surface area contributed by atoms with Crippen molar-refractivity contribution in [3.8, 4) is 5.75 Å². The van der Waals surface area contributed by atoms with E-state index in [9.17, 15) is 5.11 Å². The Hall–Kier alpha value is -2.53. The number of rotatable bonds is 6. The van der Waals surface area contributed by atoms with Gasteiger partial charge in [0.1, 0.15) is 11.6 Å². The Morgan fingerprint density at radius 3 is 2.61 bits per heavy atom. The molecule has 0 saturated heterocycles. The van der Waals surface area contributed by atoms with Crippen LogP contribution in [-0.4, -0.2) is 28.1 Å². The van der Waals surface area contributed by atoms with E-state index in [2.05, 4.69) is 67.2 Å². The second-order valence-electron chi connectivity index (χ2n) is 9.90. The summed E-state index contributed by atoms with van der Waals surface area (Å²) in [6.07, 6.45) is 11.3. The van der Waals surface area contributed by atoms with E-state index in [-0.39, 0.29) is 11.6 Å². The first-order valence-corrected chi connectivity index (χ1v) is 11.4. The van der Waals surface area contributed by atoms with Crippen LogP contribution in [0.25, 0.3) is 0 Å². The number of ether oxygens (including phenoxy) is 1. The molecule has 0 amide bonds. The molecule has 2 aromatic rings. The minimum Gasteiger partial charge on any atom is -0.497 e. The summed E-state index contributed by atoms with van der Waals surface area (Å²) < 4.78 is 7.36. The quantitative estimate of drug-likeness (QED) is 0.657. The number of benzene rings is 1. The lowest BCUT2D eigenvalue weighted by Gasteiger charge is -2.24. The van der Waals surface area contributed by atoms with Crippen LogP contribution in [0.15, 0.2) is 54.3 Å². The predicted octanol–water partition coefficient (Wildman–Crippen LogP) is 5.39. The van der Waals surface area contributed by atoms with E-state index in [1.165, 1.54) is 5.56 Å². The van der Waals surface area contributed by atoms with Gasteiger partial charge in [0.25, 0.3) is 0 Å². The Bertz CT molecular complexity index is 950. The second-order valence-corrected chi connectivity index (χ2v) is 9.90. The maximum absolute atomic E-state index is 9.96. The standard InChI is InChI=1S/C26H35N3O2/c1-26(2,3)29-25(17-24(28-29)20-10-11-22(30)16-20)27-21-7-5-6-19(15-21)14-18-8-12-23(31-4)13-9-18/h5,7-9,12-13,15,17,19-20,22,27,30H,6,10-11,14,16H2,1-4H3/t19?,20-,22+/m0/s1. The molecule has 1 fully saturated rings. The number of aromatic nitrogens is 2. The third kappa shape index (κ3) is 5.21. The molecule has 0 bridgehead atoms. The Morgan fingerprint density at radius 2 is 1.97 bits per heavy atom. The molecule has 4 rings (SSSR count). The van der Waals surface area contributed by atoms with E-state index in [1.54, 1.807) is 7.11 Å². The highest BCUT2D eigenvalue weighted by Gasteiger charge is 2.29. The summed E-state index contributed by atoms with van der Waals surface area (Å²) in [5.74, 6) is 2.71. The van der Waals surface area contributed by atoms with Crippen LogP contribution in [0.4, 0.5) is 5.82 Å². The van der Waals surface area contributed by atoms with Gasteiger partial charge in [-0.3, -0.25) is 0 Å². The smallest absolute Gasteiger partial charge is 0.129 e. The van der Waals surface area contributed by atoms with Crippen LogP contribution in [0.3, 0.4) is 0 Å². The molecule has 3 atom stereocenters. The number of methoxy groups -OCH3 is 1. The molecule has 1 heterocycles. The van der Waals surface area contributed by atoms with Crippen molar-refractivity contribution >= 4 is 5.82 Å². The van der Waals surface area contributed by atoms with E-state index >= 15 is 0 Å². The van der Waals surface area contributed by atoms with Crippen molar-refractivity contribution in [1.82, 2.24) is 9.78 Å². The molecule has 2 aliphatic carbocycles. The monoisotopic (exact) mass is 421 g/mol. The minimum atomic E-state index is -0.191. The summed E-state index contributed by atoms with van der Waals surface area (Å²) in [4.78, 5) is 0. The molecule has 1 aromatic carbocycles. The molecule has 1 saturated carbocycles. The summed E-state index contributed by atoms with van der Waals surface area (Å²) >= 11 is 0. The van der Waals surface area contributed by atoms with Crippen molar-refractivity contribution in [2.75, 3.05) is 12.4 Å². The van der Waals surface area contributed by atoms with Crippen molar-refractivity contribution < 1.29 is 9.84 Å². The zero-order valence-corrected chi connectivity index (χ0v) is 19.1. The van der Waals surface area contributed by atoms with Crippen LogP contribution < -0.4 is 10.1 Å². The first kappa shape index (κ1) is 21.7. The molecule has 5 heteroatoms. The molecular formula is C26H35N3O2. The molecule has 2 aliphatic rings. The minimum absolute atomic E-state index is 0.126. The average molecular weight is 422 g/mol. The number of aliphatic hydroxyl groups is 1. The van der Waals surface area contributed by atoms with Crippen LogP contribution in [0.2, 0.25) is 0 Å². The van der Waals surface area contributed by atoms with Crippen molar-refractivity contribution in [3.63, 3.8) is 0 Å². The molecule has 0 aliphatic heterocycles. The van der Waals surface area contributed by atoms with Gasteiger partial charge in [0.15, 0.2) is 0 Å². The summed E-state index contributed by atoms with van der Waals surface area (Å²) in [5.41, 5.74) is 3.40. The van der Waals surface area contributed by atoms with Crippen LogP contribution in [0, 0.1) is 5.92 Å². The maximum Gasteiger partial charge on any atom is 0.129 e. The summed E-state index contributed by atoms with van der Waals surface area (Å²) in [7, 11) is 1.70. The fourth-order valence-corrected chi connectivity index (χ4v) is 4.61. The second kappa shape index (κ2) is 8.91. The maximum atomic E-state index is 9.96. The fourth-order valence-electron chi connectivity index (χ4n) is 4.61. The van der Waals surface area contributed by atoms with E-state index in [0.29, 0.717) is 11.8 Å². The lowest BCUT2D eigenvalue weighted by Crippen LogP contribution is -2.25. The fraction of sp³-hybridized carbons (Fsp3) is 0.500. The molecule has 2 N–H and O–H groups in total. The Labute approximate surface area is 185 Å². The molecule has 0 radical (unpaired) electrons. The molecule has 166 valence electrons. The van der Waals surface area contributed by atoms with Gasteiger partial charge in [-0.15, -0.1) is 0 Å². The Kier molecular flexibility index (Phi) is 6.24.